The second-order valence-electron chi connectivity index (χ2n) is 6.94. The lowest BCUT2D eigenvalue weighted by Crippen LogP contribution is -2.47. The van der Waals surface area contributed by atoms with E-state index in [2.05, 4.69) is 25.3 Å². The summed E-state index contributed by atoms with van der Waals surface area (Å²) in [5.41, 5.74) is 6.75. The fourth-order valence-corrected chi connectivity index (χ4v) is 2.86. The highest BCUT2D eigenvalue weighted by Gasteiger charge is 2.37. The number of anilines is 1. The molecule has 1 aliphatic rings. The molecule has 10 nitrogen and oxygen atoms in total. The summed E-state index contributed by atoms with van der Waals surface area (Å²) in [6.45, 7) is 2.24. The van der Waals surface area contributed by atoms with E-state index in [0.717, 1.165) is 0 Å². The number of carbonyl (C=O) groups is 2. The molecule has 0 saturated carbocycles. The predicted molar refractivity (Wildman–Crippen MR) is 111 cm³/mol. The van der Waals surface area contributed by atoms with Crippen molar-refractivity contribution in [1.29, 1.82) is 0 Å². The molecule has 0 aromatic carbocycles. The number of nitrogens with two attached hydrogens (primary N) is 1. The molecule has 0 spiro atoms. The van der Waals surface area contributed by atoms with Crippen LogP contribution in [0, 0.1) is 0 Å². The lowest BCUT2D eigenvalue weighted by Gasteiger charge is -2.32. The molecular weight excluding hydrogens is 386 g/mol. The minimum absolute atomic E-state index is 0.123. The number of methoxy groups -OCH3 is 1. The quantitative estimate of drug-likeness (QED) is 0.731. The Bertz CT molecular complexity index is 1000. The van der Waals surface area contributed by atoms with Gasteiger partial charge in [-0.15, -0.1) is 0 Å². The SMILES string of the molecule is COC/C=C\c1cnc(C(=O)Nc2ccnc(C3(C)CC(=O)N(C)C(N)=N3)c2)cn1. The first-order chi connectivity index (χ1) is 14.3. The summed E-state index contributed by atoms with van der Waals surface area (Å²) in [5.74, 6) is -0.448. The van der Waals surface area contributed by atoms with Crippen LogP contribution in [-0.4, -0.2) is 58.4 Å². The van der Waals surface area contributed by atoms with E-state index in [1.165, 1.54) is 17.3 Å². The van der Waals surface area contributed by atoms with Crippen LogP contribution in [0.3, 0.4) is 0 Å². The topological polar surface area (TPSA) is 136 Å². The third-order valence-electron chi connectivity index (χ3n) is 4.60. The van der Waals surface area contributed by atoms with Crippen molar-refractivity contribution in [1.82, 2.24) is 19.9 Å². The zero-order chi connectivity index (χ0) is 21.7. The number of hydrogen-bond donors (Lipinski definition) is 2. The van der Waals surface area contributed by atoms with Gasteiger partial charge in [0.1, 0.15) is 11.2 Å². The molecule has 3 heterocycles. The van der Waals surface area contributed by atoms with Crippen molar-refractivity contribution in [3.05, 3.63) is 53.9 Å². The number of amides is 2. The molecular formula is C20H23N7O3. The van der Waals surface area contributed by atoms with Crippen molar-refractivity contribution in [3.8, 4) is 0 Å². The predicted octanol–water partition coefficient (Wildman–Crippen LogP) is 1.18. The van der Waals surface area contributed by atoms with E-state index in [1.807, 2.05) is 0 Å². The highest BCUT2D eigenvalue weighted by Crippen LogP contribution is 2.32. The first-order valence-electron chi connectivity index (χ1n) is 9.19. The van der Waals surface area contributed by atoms with Gasteiger partial charge in [-0.25, -0.2) is 9.98 Å². The lowest BCUT2D eigenvalue weighted by molar-refractivity contribution is -0.128. The van der Waals surface area contributed by atoms with E-state index in [4.69, 9.17) is 10.5 Å². The Morgan fingerprint density at radius 3 is 2.83 bits per heavy atom. The van der Waals surface area contributed by atoms with Gasteiger partial charge in [0.2, 0.25) is 5.91 Å². The molecule has 3 rings (SSSR count). The molecule has 2 aromatic heterocycles. The average Bonchev–Trinajstić information content (AvgIpc) is 2.73. The summed E-state index contributed by atoms with van der Waals surface area (Å²) in [6, 6.07) is 3.31. The van der Waals surface area contributed by atoms with E-state index in [0.29, 0.717) is 23.7 Å². The molecule has 2 aromatic rings. The van der Waals surface area contributed by atoms with Crippen molar-refractivity contribution < 1.29 is 14.3 Å². The molecule has 1 aliphatic heterocycles. The number of carbonyl (C=O) groups excluding carboxylic acids is 2. The molecule has 156 valence electrons. The van der Waals surface area contributed by atoms with Crippen molar-refractivity contribution >= 4 is 29.5 Å². The van der Waals surface area contributed by atoms with Gasteiger partial charge in [0.25, 0.3) is 5.91 Å². The largest absolute Gasteiger partial charge is 0.381 e. The maximum absolute atomic E-state index is 12.5. The number of nitrogens with zero attached hydrogens (tertiary/aromatic N) is 5. The number of guanidine groups is 1. The molecule has 0 bridgehead atoms. The second kappa shape index (κ2) is 8.78. The Morgan fingerprint density at radius 1 is 1.37 bits per heavy atom. The molecule has 0 saturated heterocycles. The number of aliphatic imine (C=N–C) groups is 1. The first kappa shape index (κ1) is 21.1. The molecule has 1 unspecified atom stereocenters. The Labute approximate surface area is 173 Å². The van der Waals surface area contributed by atoms with E-state index in [-0.39, 0.29) is 24.0 Å². The van der Waals surface area contributed by atoms with Crippen molar-refractivity contribution in [2.75, 3.05) is 26.1 Å². The van der Waals surface area contributed by atoms with Crippen LogP contribution in [-0.2, 0) is 15.1 Å². The Kier molecular flexibility index (Phi) is 6.17. The van der Waals surface area contributed by atoms with Gasteiger partial charge in [-0.3, -0.25) is 24.5 Å². The average molecular weight is 409 g/mol. The Morgan fingerprint density at radius 2 is 2.17 bits per heavy atom. The molecule has 0 aliphatic carbocycles. The van der Waals surface area contributed by atoms with Crippen LogP contribution < -0.4 is 11.1 Å². The molecule has 0 radical (unpaired) electrons. The van der Waals surface area contributed by atoms with Crippen LogP contribution >= 0.6 is 0 Å². The zero-order valence-corrected chi connectivity index (χ0v) is 17.0. The molecule has 1 atom stereocenters. The molecule has 3 N–H and O–H groups in total. The smallest absolute Gasteiger partial charge is 0.275 e. The normalized spacial score (nSPS) is 19.1. The third-order valence-corrected chi connectivity index (χ3v) is 4.60. The summed E-state index contributed by atoms with van der Waals surface area (Å²) < 4.78 is 4.93. The van der Waals surface area contributed by atoms with Crippen LogP contribution in [0.25, 0.3) is 6.08 Å². The van der Waals surface area contributed by atoms with Crippen LogP contribution in [0.15, 0.2) is 41.8 Å². The Hall–Kier alpha value is -3.66. The highest BCUT2D eigenvalue weighted by molar-refractivity contribution is 6.02. The van der Waals surface area contributed by atoms with Crippen molar-refractivity contribution in [3.63, 3.8) is 0 Å². The summed E-state index contributed by atoms with van der Waals surface area (Å²) in [7, 11) is 3.17. The summed E-state index contributed by atoms with van der Waals surface area (Å²) in [4.78, 5) is 43.1. The highest BCUT2D eigenvalue weighted by atomic mass is 16.5. The fourth-order valence-electron chi connectivity index (χ4n) is 2.86. The summed E-state index contributed by atoms with van der Waals surface area (Å²) >= 11 is 0. The van der Waals surface area contributed by atoms with Crippen LogP contribution in [0.1, 0.15) is 35.2 Å². The molecule has 30 heavy (non-hydrogen) atoms. The number of nitrogens with one attached hydrogen (secondary N) is 1. The maximum atomic E-state index is 12.5. The van der Waals surface area contributed by atoms with Gasteiger partial charge in [0.05, 0.1) is 36.8 Å². The number of ether oxygens (including phenoxy) is 1. The number of aromatic nitrogens is 3. The molecule has 10 heteroatoms. The monoisotopic (exact) mass is 409 g/mol. The van der Waals surface area contributed by atoms with Crippen LogP contribution in [0.5, 0.6) is 0 Å². The van der Waals surface area contributed by atoms with Gasteiger partial charge in [0.15, 0.2) is 5.96 Å². The number of hydrogen-bond acceptors (Lipinski definition) is 8. The minimum Gasteiger partial charge on any atom is -0.381 e. The van der Waals surface area contributed by atoms with Crippen LogP contribution in [0.4, 0.5) is 5.69 Å². The molecule has 2 amide bonds. The summed E-state index contributed by atoms with van der Waals surface area (Å²) in [6.07, 6.45) is 8.11. The Balaban J connectivity index is 1.75. The van der Waals surface area contributed by atoms with Gasteiger partial charge >= 0.3 is 0 Å². The number of pyridine rings is 1. The van der Waals surface area contributed by atoms with E-state index in [9.17, 15) is 9.59 Å². The summed E-state index contributed by atoms with van der Waals surface area (Å²) in [5, 5.41) is 2.76. The van der Waals surface area contributed by atoms with Crippen molar-refractivity contribution in [2.45, 2.75) is 18.9 Å². The number of rotatable bonds is 6. The van der Waals surface area contributed by atoms with Gasteiger partial charge in [-0.2, -0.15) is 0 Å². The van der Waals surface area contributed by atoms with Gasteiger partial charge in [0, 0.05) is 26.0 Å². The van der Waals surface area contributed by atoms with E-state index in [1.54, 1.807) is 51.6 Å². The molecule has 0 fully saturated rings. The minimum atomic E-state index is -0.912. The van der Waals surface area contributed by atoms with Crippen molar-refractivity contribution in [2.24, 2.45) is 10.7 Å². The third kappa shape index (κ3) is 4.66. The lowest BCUT2D eigenvalue weighted by atomic mass is 9.91. The second-order valence-corrected chi connectivity index (χ2v) is 6.94. The van der Waals surface area contributed by atoms with Crippen LogP contribution in [0.2, 0.25) is 0 Å². The standard InChI is InChI=1S/C20H23N7O3/c1-20(10-17(28)27(2)19(21)26-20)16-9-13(6-7-22-16)25-18(29)15-12-23-14(11-24-15)5-4-8-30-3/h4-7,9,11-12H,8,10H2,1-3H3,(H2,21,26)(H,22,25,29)/b5-4-. The maximum Gasteiger partial charge on any atom is 0.275 e. The van der Waals surface area contributed by atoms with E-state index >= 15 is 0 Å². The van der Waals surface area contributed by atoms with Gasteiger partial charge < -0.3 is 15.8 Å². The zero-order valence-electron chi connectivity index (χ0n) is 17.0. The first-order valence-corrected chi connectivity index (χ1v) is 9.19. The van der Waals surface area contributed by atoms with Gasteiger partial charge in [-0.05, 0) is 25.1 Å². The van der Waals surface area contributed by atoms with Gasteiger partial charge in [-0.1, -0.05) is 6.08 Å². The van der Waals surface area contributed by atoms with E-state index < -0.39 is 11.4 Å². The fraction of sp³-hybridized carbons (Fsp3) is 0.300.